The third kappa shape index (κ3) is 6.34. The van der Waals surface area contributed by atoms with E-state index in [1.807, 2.05) is 36.4 Å². The molecule has 41 heavy (non-hydrogen) atoms. The summed E-state index contributed by atoms with van der Waals surface area (Å²) >= 11 is 0. The molecule has 4 heterocycles. The number of ether oxygens (including phenoxy) is 2. The van der Waals surface area contributed by atoms with Crippen molar-refractivity contribution in [3.63, 3.8) is 0 Å². The van der Waals surface area contributed by atoms with Crippen molar-refractivity contribution in [1.82, 2.24) is 24.5 Å². The Morgan fingerprint density at radius 1 is 0.927 bits per heavy atom. The molecule has 10 heteroatoms. The van der Waals surface area contributed by atoms with Gasteiger partial charge in [0.05, 0.1) is 12.0 Å². The molecule has 0 unspecified atom stereocenters. The van der Waals surface area contributed by atoms with Crippen molar-refractivity contribution in [1.29, 1.82) is 0 Å². The number of methoxy groups -OCH3 is 1. The fourth-order valence-electron chi connectivity index (χ4n) is 5.13. The van der Waals surface area contributed by atoms with E-state index in [0.717, 1.165) is 63.5 Å². The molecule has 0 atom stereocenters. The smallest absolute Gasteiger partial charge is 0.223 e. The predicted molar refractivity (Wildman–Crippen MR) is 159 cm³/mol. The molecule has 2 N–H and O–H groups in total. The van der Waals surface area contributed by atoms with Gasteiger partial charge in [-0.3, -0.25) is 4.90 Å². The summed E-state index contributed by atoms with van der Waals surface area (Å²) in [7, 11) is 1.75. The molecule has 1 aliphatic heterocycles. The molecule has 1 fully saturated rings. The van der Waals surface area contributed by atoms with E-state index in [0.29, 0.717) is 29.5 Å². The molecule has 10 nitrogen and oxygen atoms in total. The second-order valence-electron chi connectivity index (χ2n) is 10.2. The maximum absolute atomic E-state index is 6.21. The number of benzene rings is 2. The Balaban J connectivity index is 1.01. The van der Waals surface area contributed by atoms with Crippen LogP contribution < -0.4 is 15.4 Å². The highest BCUT2D eigenvalue weighted by Gasteiger charge is 2.17. The Morgan fingerprint density at radius 2 is 1.78 bits per heavy atom. The number of nitrogen functional groups attached to an aromatic ring is 1. The van der Waals surface area contributed by atoms with Crippen LogP contribution in [0, 0.1) is 0 Å². The van der Waals surface area contributed by atoms with E-state index >= 15 is 0 Å². The van der Waals surface area contributed by atoms with Gasteiger partial charge in [-0.05, 0) is 54.8 Å². The first-order chi connectivity index (χ1) is 20.2. The van der Waals surface area contributed by atoms with Crippen molar-refractivity contribution in [2.45, 2.75) is 12.8 Å². The Morgan fingerprint density at radius 3 is 2.56 bits per heavy atom. The normalized spacial score (nSPS) is 14.1. The molecule has 2 aromatic carbocycles. The van der Waals surface area contributed by atoms with Crippen LogP contribution in [0.25, 0.3) is 28.5 Å². The van der Waals surface area contributed by atoms with Gasteiger partial charge in [-0.15, -0.1) is 5.10 Å². The largest absolute Gasteiger partial charge is 0.492 e. The van der Waals surface area contributed by atoms with Crippen LogP contribution in [0.5, 0.6) is 5.75 Å². The number of fused-ring (bicyclic) bond motifs is 1. The summed E-state index contributed by atoms with van der Waals surface area (Å²) in [5, 5.41) is 4.42. The van der Waals surface area contributed by atoms with Crippen LogP contribution in [0.2, 0.25) is 0 Å². The zero-order chi connectivity index (χ0) is 28.0. The molecule has 1 aliphatic rings. The number of hydrogen-bond donors (Lipinski definition) is 1. The summed E-state index contributed by atoms with van der Waals surface area (Å²) < 4.78 is 18.2. The lowest BCUT2D eigenvalue weighted by molar-refractivity contribution is 0.195. The van der Waals surface area contributed by atoms with Gasteiger partial charge in [-0.2, -0.15) is 4.52 Å². The highest BCUT2D eigenvalue weighted by atomic mass is 16.5. The quantitative estimate of drug-likeness (QED) is 0.238. The van der Waals surface area contributed by atoms with Gasteiger partial charge in [0, 0.05) is 63.8 Å². The van der Waals surface area contributed by atoms with Gasteiger partial charge in [-0.1, -0.05) is 24.3 Å². The fourth-order valence-corrected chi connectivity index (χ4v) is 5.13. The van der Waals surface area contributed by atoms with Crippen LogP contribution in [0.15, 0.2) is 77.4 Å². The Hall–Kier alpha value is -4.41. The molecule has 3 aromatic heterocycles. The summed E-state index contributed by atoms with van der Waals surface area (Å²) in [5.41, 5.74) is 11.1. The third-order valence-electron chi connectivity index (χ3n) is 7.39. The first-order valence-electron chi connectivity index (χ1n) is 14.0. The van der Waals surface area contributed by atoms with Crippen molar-refractivity contribution in [2.24, 2.45) is 0 Å². The molecule has 6 rings (SSSR count). The minimum atomic E-state index is 0.256. The molecule has 212 valence electrons. The Kier molecular flexibility index (Phi) is 8.11. The van der Waals surface area contributed by atoms with Crippen LogP contribution >= 0.6 is 0 Å². The Bertz CT molecular complexity index is 1560. The molecular formula is C31H35N7O3. The zero-order valence-corrected chi connectivity index (χ0v) is 23.3. The summed E-state index contributed by atoms with van der Waals surface area (Å²) in [5.74, 6) is 2.09. The first-order valence-corrected chi connectivity index (χ1v) is 14.0. The highest BCUT2D eigenvalue weighted by molar-refractivity contribution is 5.67. The number of nitrogens with zero attached hydrogens (tertiary/aromatic N) is 6. The van der Waals surface area contributed by atoms with Gasteiger partial charge in [0.15, 0.2) is 11.4 Å². The summed E-state index contributed by atoms with van der Waals surface area (Å²) in [6.07, 6.45) is 3.70. The molecular weight excluding hydrogens is 518 g/mol. The van der Waals surface area contributed by atoms with Gasteiger partial charge < -0.3 is 24.5 Å². The number of nitrogens with two attached hydrogens (primary N) is 1. The van der Waals surface area contributed by atoms with Crippen molar-refractivity contribution in [2.75, 3.05) is 63.7 Å². The molecule has 5 aromatic rings. The molecule has 0 radical (unpaired) electrons. The summed E-state index contributed by atoms with van der Waals surface area (Å²) in [4.78, 5) is 14.0. The highest BCUT2D eigenvalue weighted by Crippen LogP contribution is 2.26. The van der Waals surface area contributed by atoms with Crippen LogP contribution in [-0.2, 0) is 11.2 Å². The van der Waals surface area contributed by atoms with Gasteiger partial charge in [0.1, 0.15) is 12.4 Å². The van der Waals surface area contributed by atoms with Crippen molar-refractivity contribution >= 4 is 17.3 Å². The minimum absolute atomic E-state index is 0.256. The van der Waals surface area contributed by atoms with E-state index in [1.165, 1.54) is 15.8 Å². The van der Waals surface area contributed by atoms with Gasteiger partial charge in [-0.25, -0.2) is 9.97 Å². The molecule has 0 aliphatic carbocycles. The lowest BCUT2D eigenvalue weighted by Gasteiger charge is -2.36. The molecule has 0 bridgehead atoms. The topological polar surface area (TPSA) is 107 Å². The average Bonchev–Trinajstić information content (AvgIpc) is 3.69. The zero-order valence-electron chi connectivity index (χ0n) is 23.3. The maximum atomic E-state index is 6.21. The standard InChI is InChI=1S/C31H35N7O3/c1-39-18-3-5-23-9-11-25(12-10-23)37-15-13-36(14-16-37)17-20-40-26-7-2-6-24(21-26)27-22-29-34-30(28-8-4-19-41-28)35-38(29)31(32)33-27/h2,4,6-12,19,21-22H,3,5,13-18,20H2,1H3,(H2,32,33). The van der Waals surface area contributed by atoms with Crippen molar-refractivity contribution in [3.05, 3.63) is 78.6 Å². The number of piperazine rings is 1. The molecule has 0 spiro atoms. The average molecular weight is 554 g/mol. The predicted octanol–water partition coefficient (Wildman–Crippen LogP) is 4.41. The van der Waals surface area contributed by atoms with E-state index in [-0.39, 0.29) is 5.95 Å². The lowest BCUT2D eigenvalue weighted by Crippen LogP contribution is -2.47. The van der Waals surface area contributed by atoms with Crippen LogP contribution in [-0.4, -0.2) is 77.5 Å². The van der Waals surface area contributed by atoms with Gasteiger partial charge in [0.2, 0.25) is 11.8 Å². The monoisotopic (exact) mass is 553 g/mol. The van der Waals surface area contributed by atoms with E-state index in [4.69, 9.17) is 19.6 Å². The number of furan rings is 1. The fraction of sp³-hybridized carbons (Fsp3) is 0.323. The Labute approximate surface area is 239 Å². The van der Waals surface area contributed by atoms with Gasteiger partial charge >= 0.3 is 0 Å². The minimum Gasteiger partial charge on any atom is -0.492 e. The van der Waals surface area contributed by atoms with Crippen LogP contribution in [0.1, 0.15) is 12.0 Å². The number of aromatic nitrogens is 4. The van der Waals surface area contributed by atoms with Crippen LogP contribution in [0.3, 0.4) is 0 Å². The molecule has 1 saturated heterocycles. The van der Waals surface area contributed by atoms with E-state index in [9.17, 15) is 0 Å². The van der Waals surface area contributed by atoms with Gasteiger partial charge in [0.25, 0.3) is 0 Å². The second kappa shape index (κ2) is 12.4. The van der Waals surface area contributed by atoms with Crippen molar-refractivity contribution in [3.8, 4) is 28.6 Å². The van der Waals surface area contributed by atoms with E-state index in [2.05, 4.69) is 49.1 Å². The summed E-state index contributed by atoms with van der Waals surface area (Å²) in [6.45, 7) is 6.35. The molecule has 0 saturated carbocycles. The number of hydrogen-bond acceptors (Lipinski definition) is 9. The number of aryl methyl sites for hydroxylation is 1. The van der Waals surface area contributed by atoms with E-state index in [1.54, 1.807) is 19.4 Å². The number of anilines is 2. The SMILES string of the molecule is COCCCc1ccc(N2CCN(CCOc3cccc(-c4cc5nc(-c6ccco6)nn5c(N)n4)c3)CC2)cc1. The summed E-state index contributed by atoms with van der Waals surface area (Å²) in [6, 6.07) is 22.3. The van der Waals surface area contributed by atoms with E-state index < -0.39 is 0 Å². The van der Waals surface area contributed by atoms with Crippen molar-refractivity contribution < 1.29 is 13.9 Å². The second-order valence-corrected chi connectivity index (χ2v) is 10.2. The van der Waals surface area contributed by atoms with Crippen LogP contribution in [0.4, 0.5) is 11.6 Å². The first kappa shape index (κ1) is 26.8. The molecule has 0 amide bonds. The maximum Gasteiger partial charge on any atom is 0.223 e. The third-order valence-corrected chi connectivity index (χ3v) is 7.39. The number of rotatable bonds is 11. The lowest BCUT2D eigenvalue weighted by atomic mass is 10.1.